The van der Waals surface area contributed by atoms with E-state index < -0.39 is 6.04 Å². The Kier molecular flexibility index (Phi) is 7.91. The summed E-state index contributed by atoms with van der Waals surface area (Å²) < 4.78 is 0. The minimum atomic E-state index is -0.515. The predicted molar refractivity (Wildman–Crippen MR) is 87.6 cm³/mol. The summed E-state index contributed by atoms with van der Waals surface area (Å²) in [6.07, 6.45) is 0.874. The number of halogens is 1. The van der Waals surface area contributed by atoms with Gasteiger partial charge in [0.1, 0.15) is 12.1 Å². The van der Waals surface area contributed by atoms with Crippen LogP contribution < -0.4 is 16.0 Å². The van der Waals surface area contributed by atoms with Gasteiger partial charge in [0.25, 0.3) is 5.91 Å². The molecule has 4 N–H and O–H groups in total. The van der Waals surface area contributed by atoms with E-state index in [1.54, 1.807) is 6.92 Å². The van der Waals surface area contributed by atoms with Crippen molar-refractivity contribution in [1.82, 2.24) is 10.6 Å². The van der Waals surface area contributed by atoms with E-state index in [0.29, 0.717) is 11.6 Å². The average Bonchev–Trinajstić information content (AvgIpc) is 2.50. The fraction of sp³-hybridized carbons (Fsp3) is 0.500. The molecule has 5 nitrogen and oxygen atoms in total. The van der Waals surface area contributed by atoms with E-state index in [2.05, 4.69) is 10.6 Å². The molecule has 0 fully saturated rings. The molecule has 1 aromatic carbocycles. The Morgan fingerprint density at radius 3 is 2.45 bits per heavy atom. The Hall–Kier alpha value is -1.59. The van der Waals surface area contributed by atoms with Crippen molar-refractivity contribution in [3.63, 3.8) is 0 Å². The van der Waals surface area contributed by atoms with E-state index in [9.17, 15) is 9.59 Å². The molecule has 6 heteroatoms. The van der Waals surface area contributed by atoms with Crippen molar-refractivity contribution in [1.29, 1.82) is 0 Å². The molecule has 0 aliphatic rings. The van der Waals surface area contributed by atoms with Gasteiger partial charge in [-0.3, -0.25) is 9.59 Å². The Bertz CT molecular complexity index is 491. The second kappa shape index (κ2) is 9.43. The summed E-state index contributed by atoms with van der Waals surface area (Å²) in [6.45, 7) is 6.59. The molecule has 0 aromatic heterocycles. The number of hydrogen-bond donors (Lipinski definition) is 3. The average molecular weight is 327 g/mol. The number of quaternary nitrogens is 1. The van der Waals surface area contributed by atoms with Gasteiger partial charge in [0, 0.05) is 17.1 Å². The number of amides is 2. The van der Waals surface area contributed by atoms with Crippen molar-refractivity contribution in [3.8, 4) is 0 Å². The van der Waals surface area contributed by atoms with E-state index in [1.165, 1.54) is 0 Å². The van der Waals surface area contributed by atoms with Crippen LogP contribution in [-0.2, 0) is 9.59 Å². The van der Waals surface area contributed by atoms with Crippen LogP contribution in [0.3, 0.4) is 0 Å². The van der Waals surface area contributed by atoms with Gasteiger partial charge in [0.15, 0.2) is 6.54 Å². The summed E-state index contributed by atoms with van der Waals surface area (Å²) in [4.78, 5) is 23.6. The Morgan fingerprint density at radius 1 is 1.23 bits per heavy atom. The maximum Gasteiger partial charge on any atom is 0.275 e. The van der Waals surface area contributed by atoms with Crippen LogP contribution in [0.4, 0.5) is 0 Å². The van der Waals surface area contributed by atoms with Gasteiger partial charge >= 0.3 is 0 Å². The molecule has 0 unspecified atom stereocenters. The Balaban J connectivity index is 2.36. The van der Waals surface area contributed by atoms with Crippen molar-refractivity contribution in [2.45, 2.75) is 39.3 Å². The predicted octanol–water partition coefficient (Wildman–Crippen LogP) is 0.995. The molecule has 0 radical (unpaired) electrons. The lowest BCUT2D eigenvalue weighted by atomic mass is 10.1. The van der Waals surface area contributed by atoms with Crippen LogP contribution in [0.1, 0.15) is 38.8 Å². The molecule has 22 heavy (non-hydrogen) atoms. The molecule has 0 saturated carbocycles. The SMILES string of the molecule is CCCNC(=O)[C@H](C)NC(=O)C[NH2+][C@@H](C)c1ccc(Cl)cc1. The number of carbonyl (C=O) groups excluding carboxylic acids is 2. The van der Waals surface area contributed by atoms with E-state index >= 15 is 0 Å². The van der Waals surface area contributed by atoms with Crippen LogP contribution in [0.15, 0.2) is 24.3 Å². The Morgan fingerprint density at radius 2 is 1.86 bits per heavy atom. The van der Waals surface area contributed by atoms with Gasteiger partial charge in [-0.05, 0) is 32.4 Å². The Labute approximate surface area is 136 Å². The number of hydrogen-bond acceptors (Lipinski definition) is 2. The van der Waals surface area contributed by atoms with Crippen LogP contribution in [-0.4, -0.2) is 30.9 Å². The second-order valence-corrected chi connectivity index (χ2v) is 5.80. The van der Waals surface area contributed by atoms with Gasteiger partial charge in [0.05, 0.1) is 0 Å². The molecule has 2 amide bonds. The highest BCUT2D eigenvalue weighted by Gasteiger charge is 2.17. The zero-order valence-corrected chi connectivity index (χ0v) is 14.1. The normalized spacial score (nSPS) is 13.3. The lowest BCUT2D eigenvalue weighted by Gasteiger charge is -2.15. The second-order valence-electron chi connectivity index (χ2n) is 5.36. The quantitative estimate of drug-likeness (QED) is 0.666. The first kappa shape index (κ1) is 18.5. The summed E-state index contributed by atoms with van der Waals surface area (Å²) in [5, 5.41) is 8.08. The maximum atomic E-state index is 11.9. The van der Waals surface area contributed by atoms with Crippen molar-refractivity contribution in [3.05, 3.63) is 34.9 Å². The largest absolute Gasteiger partial charge is 0.354 e. The van der Waals surface area contributed by atoms with E-state index in [0.717, 1.165) is 12.0 Å². The summed E-state index contributed by atoms with van der Waals surface area (Å²) in [7, 11) is 0. The summed E-state index contributed by atoms with van der Waals surface area (Å²) in [6, 6.07) is 7.19. The maximum absolute atomic E-state index is 11.9. The number of nitrogens with one attached hydrogen (secondary N) is 2. The molecule has 0 saturated heterocycles. The van der Waals surface area contributed by atoms with Crippen LogP contribution in [0.25, 0.3) is 0 Å². The molecule has 0 heterocycles. The van der Waals surface area contributed by atoms with Crippen molar-refractivity contribution in [2.24, 2.45) is 0 Å². The first-order chi connectivity index (χ1) is 10.4. The van der Waals surface area contributed by atoms with Crippen LogP contribution in [0.5, 0.6) is 0 Å². The van der Waals surface area contributed by atoms with Crippen molar-refractivity contribution in [2.75, 3.05) is 13.1 Å². The van der Waals surface area contributed by atoms with Gasteiger partial charge in [-0.15, -0.1) is 0 Å². The third-order valence-corrected chi connectivity index (χ3v) is 3.62. The summed E-state index contributed by atoms with van der Waals surface area (Å²) >= 11 is 5.85. The standard InChI is InChI=1S/C16H24ClN3O2/c1-4-9-18-16(22)12(3)20-15(21)10-19-11(2)13-5-7-14(17)8-6-13/h5-8,11-12,19H,4,9-10H2,1-3H3,(H,18,22)(H,20,21)/p+1/t11-,12-/m0/s1. The fourth-order valence-electron chi connectivity index (χ4n) is 1.95. The van der Waals surface area contributed by atoms with Gasteiger partial charge in [-0.25, -0.2) is 0 Å². The van der Waals surface area contributed by atoms with E-state index in [-0.39, 0.29) is 24.4 Å². The van der Waals surface area contributed by atoms with Crippen LogP contribution in [0, 0.1) is 0 Å². The summed E-state index contributed by atoms with van der Waals surface area (Å²) in [5.41, 5.74) is 1.10. The zero-order chi connectivity index (χ0) is 16.5. The zero-order valence-electron chi connectivity index (χ0n) is 13.4. The highest BCUT2D eigenvalue weighted by atomic mass is 35.5. The third kappa shape index (κ3) is 6.45. The minimum Gasteiger partial charge on any atom is -0.354 e. The number of nitrogens with two attached hydrogens (primary N) is 1. The van der Waals surface area contributed by atoms with Gasteiger partial charge in [-0.2, -0.15) is 0 Å². The van der Waals surface area contributed by atoms with Gasteiger partial charge in [-0.1, -0.05) is 30.7 Å². The first-order valence-electron chi connectivity index (χ1n) is 7.60. The van der Waals surface area contributed by atoms with Crippen LogP contribution in [0.2, 0.25) is 5.02 Å². The van der Waals surface area contributed by atoms with Crippen molar-refractivity contribution < 1.29 is 14.9 Å². The number of carbonyl (C=O) groups is 2. The lowest BCUT2D eigenvalue weighted by molar-refractivity contribution is -0.682. The van der Waals surface area contributed by atoms with Gasteiger partial charge in [0.2, 0.25) is 5.91 Å². The van der Waals surface area contributed by atoms with Crippen molar-refractivity contribution >= 4 is 23.4 Å². The van der Waals surface area contributed by atoms with E-state index in [4.69, 9.17) is 11.6 Å². The molecule has 0 aliphatic heterocycles. The molecule has 1 aromatic rings. The molecule has 0 bridgehead atoms. The molecule has 2 atom stereocenters. The fourth-order valence-corrected chi connectivity index (χ4v) is 2.08. The topological polar surface area (TPSA) is 74.8 Å². The molecule has 0 spiro atoms. The molecule has 122 valence electrons. The summed E-state index contributed by atoms with van der Waals surface area (Å²) in [5.74, 6) is -0.305. The third-order valence-electron chi connectivity index (χ3n) is 3.37. The highest BCUT2D eigenvalue weighted by molar-refractivity contribution is 6.30. The smallest absolute Gasteiger partial charge is 0.275 e. The number of rotatable bonds is 8. The van der Waals surface area contributed by atoms with Crippen LogP contribution >= 0.6 is 11.6 Å². The van der Waals surface area contributed by atoms with E-state index in [1.807, 2.05) is 43.4 Å². The number of benzene rings is 1. The molecular weight excluding hydrogens is 302 g/mol. The molecular formula is C16H25ClN3O2+. The molecule has 1 rings (SSSR count). The first-order valence-corrected chi connectivity index (χ1v) is 7.97. The monoisotopic (exact) mass is 326 g/mol. The molecule has 0 aliphatic carbocycles. The lowest BCUT2D eigenvalue weighted by Crippen LogP contribution is -2.87. The highest BCUT2D eigenvalue weighted by Crippen LogP contribution is 2.13. The van der Waals surface area contributed by atoms with Gasteiger partial charge < -0.3 is 16.0 Å². The minimum absolute atomic E-state index is 0.146.